The first-order valence-electron chi connectivity index (χ1n) is 5.74. The molecule has 90 valence electrons. The van der Waals surface area contributed by atoms with E-state index in [1.54, 1.807) is 0 Å². The first kappa shape index (κ1) is 13.9. The summed E-state index contributed by atoms with van der Waals surface area (Å²) in [6.45, 7) is 5.19. The lowest BCUT2D eigenvalue weighted by Gasteiger charge is -2.17. The summed E-state index contributed by atoms with van der Waals surface area (Å²) < 4.78 is 0. The third-order valence-corrected chi connectivity index (χ3v) is 4.62. The second kappa shape index (κ2) is 7.21. The van der Waals surface area contributed by atoms with E-state index in [4.69, 9.17) is 17.3 Å². The molecule has 16 heavy (non-hydrogen) atoms. The van der Waals surface area contributed by atoms with Gasteiger partial charge in [0, 0.05) is 16.8 Å². The van der Waals surface area contributed by atoms with E-state index in [2.05, 4.69) is 26.0 Å². The van der Waals surface area contributed by atoms with E-state index in [-0.39, 0.29) is 0 Å². The van der Waals surface area contributed by atoms with Crippen LogP contribution in [0.1, 0.15) is 31.1 Å². The van der Waals surface area contributed by atoms with E-state index >= 15 is 0 Å². The fourth-order valence-corrected chi connectivity index (χ4v) is 2.78. The molecule has 0 aliphatic heterocycles. The first-order valence-corrected chi connectivity index (χ1v) is 7.17. The van der Waals surface area contributed by atoms with E-state index in [9.17, 15) is 0 Å². The van der Waals surface area contributed by atoms with Crippen LogP contribution in [0.3, 0.4) is 0 Å². The summed E-state index contributed by atoms with van der Waals surface area (Å²) in [5.74, 6) is 1.92. The molecule has 0 saturated heterocycles. The molecule has 0 spiro atoms. The van der Waals surface area contributed by atoms with Crippen LogP contribution in [0, 0.1) is 5.92 Å². The van der Waals surface area contributed by atoms with Crippen LogP contribution in [0.15, 0.2) is 24.3 Å². The highest BCUT2D eigenvalue weighted by atomic mass is 35.5. The Balaban J connectivity index is 2.57. The smallest absolute Gasteiger partial charge is 0.0419 e. The lowest BCUT2D eigenvalue weighted by molar-refractivity contribution is 0.635. The third-order valence-electron chi connectivity index (χ3n) is 2.73. The summed E-state index contributed by atoms with van der Waals surface area (Å²) >= 11 is 7.82. The normalized spacial score (nSPS) is 14.8. The molecule has 0 saturated carbocycles. The second-order valence-electron chi connectivity index (χ2n) is 4.12. The van der Waals surface area contributed by atoms with Gasteiger partial charge in [-0.05, 0) is 29.4 Å². The molecule has 2 atom stereocenters. The van der Waals surface area contributed by atoms with E-state index in [0.29, 0.717) is 11.8 Å². The van der Waals surface area contributed by atoms with E-state index in [1.807, 2.05) is 23.9 Å². The average Bonchev–Trinajstić information content (AvgIpc) is 2.31. The summed E-state index contributed by atoms with van der Waals surface area (Å²) in [4.78, 5) is 0. The molecule has 3 heteroatoms. The van der Waals surface area contributed by atoms with Crippen LogP contribution in [-0.2, 0) is 0 Å². The highest BCUT2D eigenvalue weighted by Gasteiger charge is 2.11. The lowest BCUT2D eigenvalue weighted by Crippen LogP contribution is -2.11. The van der Waals surface area contributed by atoms with E-state index < -0.39 is 0 Å². The topological polar surface area (TPSA) is 26.0 Å². The quantitative estimate of drug-likeness (QED) is 0.830. The Labute approximate surface area is 108 Å². The Morgan fingerprint density at radius 1 is 1.31 bits per heavy atom. The van der Waals surface area contributed by atoms with Gasteiger partial charge in [0.25, 0.3) is 0 Å². The van der Waals surface area contributed by atoms with Gasteiger partial charge < -0.3 is 5.73 Å². The van der Waals surface area contributed by atoms with Crippen molar-refractivity contribution in [3.05, 3.63) is 34.9 Å². The molecule has 0 bridgehead atoms. The zero-order valence-corrected chi connectivity index (χ0v) is 11.5. The van der Waals surface area contributed by atoms with Crippen molar-refractivity contribution < 1.29 is 0 Å². The molecule has 2 unspecified atom stereocenters. The highest BCUT2D eigenvalue weighted by molar-refractivity contribution is 7.99. The van der Waals surface area contributed by atoms with Crippen molar-refractivity contribution in [2.75, 3.05) is 12.3 Å². The second-order valence-corrected chi connectivity index (χ2v) is 5.79. The van der Waals surface area contributed by atoms with Crippen LogP contribution in [0.2, 0.25) is 5.02 Å². The maximum Gasteiger partial charge on any atom is 0.0419 e. The maximum atomic E-state index is 5.87. The number of halogens is 1. The van der Waals surface area contributed by atoms with Crippen LogP contribution < -0.4 is 5.73 Å². The van der Waals surface area contributed by atoms with Gasteiger partial charge in [0.05, 0.1) is 0 Å². The van der Waals surface area contributed by atoms with Crippen LogP contribution in [-0.4, -0.2) is 12.3 Å². The molecule has 1 aromatic rings. The van der Waals surface area contributed by atoms with Gasteiger partial charge in [0.15, 0.2) is 0 Å². The maximum absolute atomic E-state index is 5.87. The van der Waals surface area contributed by atoms with Gasteiger partial charge in [-0.1, -0.05) is 44.0 Å². The monoisotopic (exact) mass is 257 g/mol. The summed E-state index contributed by atoms with van der Waals surface area (Å²) in [6, 6.07) is 8.01. The summed E-state index contributed by atoms with van der Waals surface area (Å²) in [5, 5.41) is 1.18. The fourth-order valence-electron chi connectivity index (χ4n) is 1.38. The zero-order chi connectivity index (χ0) is 12.0. The molecule has 0 aliphatic carbocycles. The van der Waals surface area contributed by atoms with Crippen molar-refractivity contribution >= 4 is 23.4 Å². The Kier molecular flexibility index (Phi) is 6.25. The molecule has 2 N–H and O–H groups in total. The van der Waals surface area contributed by atoms with Crippen molar-refractivity contribution in [3.8, 4) is 0 Å². The van der Waals surface area contributed by atoms with Gasteiger partial charge in [-0.3, -0.25) is 0 Å². The van der Waals surface area contributed by atoms with Crippen molar-refractivity contribution in [1.82, 2.24) is 0 Å². The van der Waals surface area contributed by atoms with E-state index in [1.165, 1.54) is 17.7 Å². The lowest BCUT2D eigenvalue weighted by atomic mass is 10.1. The minimum absolute atomic E-state index is 0.395. The molecular formula is C13H20ClNS. The van der Waals surface area contributed by atoms with Crippen molar-refractivity contribution in [1.29, 1.82) is 0 Å². The Morgan fingerprint density at radius 2 is 1.94 bits per heavy atom. The fraction of sp³-hybridized carbons (Fsp3) is 0.538. The number of nitrogens with two attached hydrogens (primary N) is 1. The minimum Gasteiger partial charge on any atom is -0.329 e. The number of hydrogen-bond acceptors (Lipinski definition) is 2. The van der Waals surface area contributed by atoms with Crippen molar-refractivity contribution in [3.63, 3.8) is 0 Å². The number of thioether (sulfide) groups is 1. The zero-order valence-electron chi connectivity index (χ0n) is 9.95. The number of benzene rings is 1. The van der Waals surface area contributed by atoms with Crippen LogP contribution >= 0.6 is 23.4 Å². The van der Waals surface area contributed by atoms with Crippen molar-refractivity contribution in [2.24, 2.45) is 11.7 Å². The predicted octanol–water partition coefficient (Wildman–Crippen LogP) is 4.12. The molecular weight excluding hydrogens is 238 g/mol. The molecule has 1 rings (SSSR count). The third kappa shape index (κ3) is 4.36. The van der Waals surface area contributed by atoms with Crippen LogP contribution in [0.5, 0.6) is 0 Å². The minimum atomic E-state index is 0.395. The molecule has 0 fully saturated rings. The molecule has 0 radical (unpaired) electrons. The van der Waals surface area contributed by atoms with Gasteiger partial charge >= 0.3 is 0 Å². The molecule has 0 heterocycles. The van der Waals surface area contributed by atoms with Gasteiger partial charge in [-0.15, -0.1) is 0 Å². The Hall–Kier alpha value is -0.180. The first-order chi connectivity index (χ1) is 7.67. The van der Waals surface area contributed by atoms with E-state index in [0.717, 1.165) is 10.9 Å². The average molecular weight is 258 g/mol. The predicted molar refractivity (Wildman–Crippen MR) is 75.2 cm³/mol. The Bertz CT molecular complexity index is 299. The van der Waals surface area contributed by atoms with Crippen LogP contribution in [0.4, 0.5) is 0 Å². The van der Waals surface area contributed by atoms with Gasteiger partial charge in [0.1, 0.15) is 0 Å². The molecule has 1 aromatic carbocycles. The molecule has 0 aliphatic rings. The largest absolute Gasteiger partial charge is 0.329 e. The molecule has 0 amide bonds. The van der Waals surface area contributed by atoms with Gasteiger partial charge in [-0.2, -0.15) is 11.8 Å². The number of rotatable bonds is 6. The SMILES string of the molecule is CCC(C)CSC(CN)c1ccc(Cl)cc1. The van der Waals surface area contributed by atoms with Gasteiger partial charge in [0.2, 0.25) is 0 Å². The number of hydrogen-bond donors (Lipinski definition) is 1. The van der Waals surface area contributed by atoms with Crippen molar-refractivity contribution in [2.45, 2.75) is 25.5 Å². The molecule has 1 nitrogen and oxygen atoms in total. The summed E-state index contributed by atoms with van der Waals surface area (Å²) in [6.07, 6.45) is 1.23. The molecule has 0 aromatic heterocycles. The summed E-state index contributed by atoms with van der Waals surface area (Å²) in [5.41, 5.74) is 7.09. The highest BCUT2D eigenvalue weighted by Crippen LogP contribution is 2.30. The Morgan fingerprint density at radius 3 is 2.44 bits per heavy atom. The van der Waals surface area contributed by atoms with Gasteiger partial charge in [-0.25, -0.2) is 0 Å². The standard InChI is InChI=1S/C13H20ClNS/c1-3-10(2)9-16-13(8-15)11-4-6-12(14)7-5-11/h4-7,10,13H,3,8-9,15H2,1-2H3. The summed E-state index contributed by atoms with van der Waals surface area (Å²) in [7, 11) is 0. The van der Waals surface area contributed by atoms with Crippen LogP contribution in [0.25, 0.3) is 0 Å².